The lowest BCUT2D eigenvalue weighted by Gasteiger charge is -2.39. The second kappa shape index (κ2) is 50.8. The standard InChI is InChI=1S/3C23H42N2O6P2.3CH4O/c3*1-17(2)25(18(3)4)32(29-14-11-24-6)30-22-10-13-28-23(22)20-8-7-15-33(26,16-20)31-21-9-12-27-19(21)5;3*1-2/h3*17-23H,7-16H2,1-5H3;3*2H,1H3/t19-,20+,21+,22+,23-,32?,33+;19-,20-,21+,22+,23-,32?,33+;19-,20-,21+,22+,23-,32?,33-;;;/m111.../s1/i3*5D,12T,13T;3*2T/t12-,13-,19-,20+,21+,22+,23-,32?,33+;12-,13-,19-,20-,21+,22+,23-,32?,33+;12-,13-,19-,20-,21+,22+,23-,32?,33-;;;. The molecule has 9 rings (SSSR count). The van der Waals surface area contributed by atoms with Crippen molar-refractivity contribution in [2.75, 3.05) is 137 Å². The van der Waals surface area contributed by atoms with Crippen molar-refractivity contribution in [3.05, 3.63) is 34.3 Å². The van der Waals surface area contributed by atoms with E-state index in [1.807, 2.05) is 0 Å². The molecule has 0 aromatic heterocycles. The molecule has 0 radical (unpaired) electrons. The van der Waals surface area contributed by atoms with Gasteiger partial charge in [-0.25, -0.2) is 33.7 Å². The van der Waals surface area contributed by atoms with Crippen LogP contribution in [-0.2, 0) is 82.8 Å². The van der Waals surface area contributed by atoms with E-state index in [4.69, 9.17) is 105 Å². The maximum atomic E-state index is 13.8. The summed E-state index contributed by atoms with van der Waals surface area (Å²) in [4.78, 5) is 10.2. The Labute approximate surface area is 653 Å². The Morgan fingerprint density at radius 2 is 0.657 bits per heavy atom. The lowest BCUT2D eigenvalue weighted by molar-refractivity contribution is 0.00520. The van der Waals surface area contributed by atoms with Crippen LogP contribution in [0.15, 0.2) is 0 Å². The van der Waals surface area contributed by atoms with Crippen LogP contribution in [0.4, 0.5) is 0 Å². The summed E-state index contributed by atoms with van der Waals surface area (Å²) in [5.74, 6) is -0.250. The maximum Gasteiger partial charge on any atom is 0.259 e. The van der Waals surface area contributed by atoms with Crippen molar-refractivity contribution >= 4 is 47.7 Å². The van der Waals surface area contributed by atoms with Gasteiger partial charge in [0.15, 0.2) is 0 Å². The Morgan fingerprint density at radius 1 is 0.429 bits per heavy atom. The van der Waals surface area contributed by atoms with Gasteiger partial charge in [-0.1, -0.05) is 0 Å². The maximum absolute atomic E-state index is 13.8. The van der Waals surface area contributed by atoms with E-state index in [0.29, 0.717) is 75.5 Å². The average molecular weight is 1630 g/mol. The largest absolute Gasteiger partial charge is 0.400 e. The number of ether oxygens (including phenoxy) is 6. The zero-order valence-electron chi connectivity index (χ0n) is 77.1. The first-order chi connectivity index (χ1) is 55.4. The monoisotopic (exact) mass is 1630 g/mol. The van der Waals surface area contributed by atoms with E-state index in [9.17, 15) is 13.7 Å². The molecule has 0 spiro atoms. The van der Waals surface area contributed by atoms with E-state index in [2.05, 4.69) is 127 Å². The van der Waals surface area contributed by atoms with Gasteiger partial charge in [0.25, 0.3) is 25.6 Å². The number of nitrogens with zero attached hydrogens (tertiary/aromatic N) is 6. The molecule has 0 aromatic rings. The summed E-state index contributed by atoms with van der Waals surface area (Å²) in [5, 5.41) is 10.5. The molecule has 9 aliphatic heterocycles. The van der Waals surface area contributed by atoms with Crippen molar-refractivity contribution in [1.82, 2.24) is 14.0 Å². The van der Waals surface area contributed by atoms with Crippen molar-refractivity contribution in [2.24, 2.45) is 17.8 Å². The quantitative estimate of drug-likeness (QED) is 0.0313. The molecule has 3 N–H and O–H groups in total. The van der Waals surface area contributed by atoms with Crippen LogP contribution in [0.25, 0.3) is 14.5 Å². The molecule has 33 heteroatoms. The summed E-state index contributed by atoms with van der Waals surface area (Å²) in [6.45, 7) is 43.3. The summed E-state index contributed by atoms with van der Waals surface area (Å²) in [7, 11) is -9.58. The third-order valence-electron chi connectivity index (χ3n) is 18.7. The van der Waals surface area contributed by atoms with Gasteiger partial charge < -0.3 is 99.0 Å². The minimum Gasteiger partial charge on any atom is -0.400 e. The predicted octanol–water partition coefficient (Wildman–Crippen LogP) is 14.8. The van der Waals surface area contributed by atoms with Crippen LogP contribution in [0.5, 0.6) is 0 Å². The number of hydrogen-bond acceptors (Lipinski definition) is 24. The molecular formula is C72H138N6O21P6. The molecule has 612 valence electrons. The van der Waals surface area contributed by atoms with Gasteiger partial charge in [0, 0.05) is 138 Å². The fourth-order valence-corrected chi connectivity index (χ4v) is 28.1. The van der Waals surface area contributed by atoms with Gasteiger partial charge in [0.05, 0.1) is 81.5 Å². The summed E-state index contributed by atoms with van der Waals surface area (Å²) in [6.07, 6.45) is 3.82. The van der Waals surface area contributed by atoms with Crippen LogP contribution < -0.4 is 0 Å². The van der Waals surface area contributed by atoms with Gasteiger partial charge in [-0.15, -0.1) is 0 Å². The summed E-state index contributed by atoms with van der Waals surface area (Å²) >= 11 is 0. The van der Waals surface area contributed by atoms with Gasteiger partial charge >= 0.3 is 0 Å². The number of aliphatic hydroxyl groups excluding tert-OH is 3. The first kappa shape index (κ1) is 78.5. The topological polar surface area (TPSA) is 273 Å². The Hall–Kier alpha value is -0.390. The Kier molecular flexibility index (Phi) is 37.9. The summed E-state index contributed by atoms with van der Waals surface area (Å²) < 4.78 is 227. The molecule has 27 atom stereocenters. The van der Waals surface area contributed by atoms with Crippen LogP contribution in [0.3, 0.4) is 0 Å². The highest BCUT2D eigenvalue weighted by Crippen LogP contribution is 2.61. The zero-order chi connectivity index (χ0) is 87.5. The molecule has 0 aliphatic carbocycles. The first-order valence-electron chi connectivity index (χ1n) is 44.0. The molecule has 3 unspecified atom stereocenters. The van der Waals surface area contributed by atoms with Crippen molar-refractivity contribution in [3.8, 4) is 0 Å². The van der Waals surface area contributed by atoms with Gasteiger partial charge in [0.2, 0.25) is 46.0 Å². The Balaban J connectivity index is 0.000000350. The molecule has 9 saturated heterocycles. The molecule has 9 aliphatic rings. The van der Waals surface area contributed by atoms with Crippen LogP contribution in [0.1, 0.15) is 193 Å². The Morgan fingerprint density at radius 3 is 0.876 bits per heavy atom. The summed E-state index contributed by atoms with van der Waals surface area (Å²) in [6, 6.07) is 0.997. The van der Waals surface area contributed by atoms with Gasteiger partial charge in [0.1, 0.15) is 19.8 Å². The second-order valence-corrected chi connectivity index (χ2v) is 40.7. The molecule has 9 fully saturated rings. The second-order valence-electron chi connectivity index (χ2n) is 28.5. The first-order valence-corrected chi connectivity index (χ1v) is 46.6. The highest BCUT2D eigenvalue weighted by Gasteiger charge is 2.50. The third-order valence-corrected chi connectivity index (χ3v) is 33.2. The predicted molar refractivity (Wildman–Crippen MR) is 416 cm³/mol. The van der Waals surface area contributed by atoms with Gasteiger partial charge in [-0.3, -0.25) is 13.7 Å². The Bertz CT molecular complexity index is 2720. The molecule has 27 nitrogen and oxygen atoms in total. The van der Waals surface area contributed by atoms with Crippen LogP contribution >= 0.6 is 47.7 Å². The van der Waals surface area contributed by atoms with E-state index in [1.54, 1.807) is 0 Å². The van der Waals surface area contributed by atoms with Crippen molar-refractivity contribution in [2.45, 2.75) is 290 Å². The average Bonchev–Trinajstić information content (AvgIpc) is 1.73. The fraction of sp³-hybridized carbons (Fsp3) is 0.958. The minimum absolute atomic E-state index is 0.0229. The smallest absolute Gasteiger partial charge is 0.259 e. The molecule has 0 saturated carbocycles. The highest BCUT2D eigenvalue weighted by atomic mass is 31.2. The normalized spacial score (nSPS) is 39.9. The van der Waals surface area contributed by atoms with E-state index >= 15 is 0 Å². The van der Waals surface area contributed by atoms with Gasteiger partial charge in [-0.2, -0.15) is 0 Å². The molecule has 105 heavy (non-hydrogen) atoms. The van der Waals surface area contributed by atoms with E-state index in [0.717, 1.165) is 38.5 Å². The van der Waals surface area contributed by atoms with E-state index < -0.39 is 142 Å². The highest BCUT2D eigenvalue weighted by molar-refractivity contribution is 7.59. The molecule has 9 heterocycles. The number of rotatable bonds is 33. The number of aliphatic hydroxyl groups is 3. The SMILES string of the molecule is [2H]C[C@H]1O[C@H]([3H])C[C@@H]1O[P@@]1(=O)CCC[C@@H]([C@H]2O[C@H]([3H])C[C@@H]2OP(OCC[N+]#[C-])N(C(C)C)C(C)C)C1.[2H]C[C@H]1O[C@H]([3H])C[C@@H]1O[P@@]1(=O)CCC[C@H]([C@H]2O[C@H]([3H])C[C@@H]2OP(OCC[N+]#[C-])N(C(C)C)C(C)C)C1.[2H]C[C@H]1O[C@H]([3H])C[C@@H]1O[P@]1(=O)CCC[C@@H]([C@H]2O[C@H]([3H])C[C@@H]2OP(OCC[N+]#[C-])N(C(C)C)C(C)C)C1.[3H]OC.[3H]OC.[3H]OC. The van der Waals surface area contributed by atoms with Crippen molar-refractivity contribution < 1.29 is 110 Å². The molecule has 0 amide bonds. The van der Waals surface area contributed by atoms with Crippen molar-refractivity contribution in [1.29, 1.82) is 4.29 Å². The molecular weight excluding hydrogens is 1470 g/mol. The lowest BCUT2D eigenvalue weighted by Crippen LogP contribution is -2.39. The van der Waals surface area contributed by atoms with Crippen molar-refractivity contribution in [3.63, 3.8) is 0 Å². The lowest BCUT2D eigenvalue weighted by atomic mass is 9.95. The van der Waals surface area contributed by atoms with E-state index in [-0.39, 0.29) is 132 Å². The third kappa shape index (κ3) is 31.1. The van der Waals surface area contributed by atoms with Gasteiger partial charge in [-0.05, 0) is 199 Å². The van der Waals surface area contributed by atoms with Crippen LogP contribution in [-0.4, -0.2) is 280 Å². The van der Waals surface area contributed by atoms with Crippen LogP contribution in [0, 0.1) is 37.5 Å². The number of hydrogen-bond donors (Lipinski definition) is 3. The van der Waals surface area contributed by atoms with Crippen LogP contribution in [0.2, 0.25) is 0 Å². The molecule has 0 bridgehead atoms. The zero-order valence-corrected chi connectivity index (χ0v) is 70.5. The van der Waals surface area contributed by atoms with E-state index in [1.165, 1.54) is 21.3 Å². The minimum atomic E-state index is -3.01. The molecule has 0 aromatic carbocycles. The summed E-state index contributed by atoms with van der Waals surface area (Å²) in [5.41, 5.74) is 0. The fourth-order valence-electron chi connectivity index (χ4n) is 14.3.